The number of nitrogen functional groups attached to an aromatic ring is 1. The summed E-state index contributed by atoms with van der Waals surface area (Å²) in [6, 6.07) is 6.73. The Balaban J connectivity index is 1.86. The molecule has 0 radical (unpaired) electrons. The van der Waals surface area contributed by atoms with Crippen molar-refractivity contribution in [3.8, 4) is 0 Å². The fourth-order valence-electron chi connectivity index (χ4n) is 2.13. The number of nitrogens with two attached hydrogens (primary N) is 1. The monoisotopic (exact) mass is 299 g/mol. The van der Waals surface area contributed by atoms with Crippen LogP contribution in [0.25, 0.3) is 0 Å². The van der Waals surface area contributed by atoms with Crippen LogP contribution in [0.4, 0.5) is 24.5 Å². The van der Waals surface area contributed by atoms with Gasteiger partial charge in [0.15, 0.2) is 0 Å². The smallest absolute Gasteiger partial charge is 0.399 e. The van der Waals surface area contributed by atoms with E-state index >= 15 is 0 Å². The molecule has 0 aliphatic carbocycles. The Morgan fingerprint density at radius 1 is 1.38 bits per heavy atom. The first-order valence-corrected chi connectivity index (χ1v) is 6.48. The number of hydrogen-bond acceptors (Lipinski definition) is 3. The van der Waals surface area contributed by atoms with Gasteiger partial charge >= 0.3 is 6.18 Å². The van der Waals surface area contributed by atoms with E-state index < -0.39 is 11.7 Å². The van der Waals surface area contributed by atoms with Crippen molar-refractivity contribution in [1.29, 1.82) is 0 Å². The van der Waals surface area contributed by atoms with E-state index in [9.17, 15) is 18.0 Å². The number of rotatable bonds is 3. The predicted octanol–water partition coefficient (Wildman–Crippen LogP) is 2.40. The van der Waals surface area contributed by atoms with Crippen LogP contribution in [0.3, 0.4) is 0 Å². The van der Waals surface area contributed by atoms with Crippen LogP contribution in [0.5, 0.6) is 0 Å². The molecule has 21 heavy (non-hydrogen) atoms. The van der Waals surface area contributed by atoms with Crippen LogP contribution in [0, 0.1) is 0 Å². The van der Waals surface area contributed by atoms with Crippen molar-refractivity contribution in [3.63, 3.8) is 0 Å². The quantitative estimate of drug-likeness (QED) is 0.665. The molecule has 0 saturated heterocycles. The van der Waals surface area contributed by atoms with Crippen LogP contribution in [0.1, 0.15) is 6.42 Å². The number of nitrogens with one attached hydrogen (secondary N) is 1. The molecule has 0 atom stereocenters. The summed E-state index contributed by atoms with van der Waals surface area (Å²) in [7, 11) is 0. The molecule has 0 unspecified atom stereocenters. The SMILES string of the molecule is Nc1cccc(NC(=O)CN2CC=C(C(F)(F)F)CC2)c1. The summed E-state index contributed by atoms with van der Waals surface area (Å²) >= 11 is 0. The van der Waals surface area contributed by atoms with Crippen LogP contribution >= 0.6 is 0 Å². The maximum Gasteiger partial charge on any atom is 0.412 e. The van der Waals surface area contributed by atoms with Crippen molar-refractivity contribution in [2.75, 3.05) is 30.7 Å². The molecular formula is C14H16F3N3O. The number of alkyl halides is 3. The highest BCUT2D eigenvalue weighted by Crippen LogP contribution is 2.29. The maximum atomic E-state index is 12.5. The fourth-order valence-corrected chi connectivity index (χ4v) is 2.13. The summed E-state index contributed by atoms with van der Waals surface area (Å²) in [6.45, 7) is 0.394. The lowest BCUT2D eigenvalue weighted by Crippen LogP contribution is -2.37. The third-order valence-electron chi connectivity index (χ3n) is 3.19. The molecule has 1 amide bonds. The Bertz CT molecular complexity index is 555. The second kappa shape index (κ2) is 6.17. The van der Waals surface area contributed by atoms with Crippen molar-refractivity contribution in [2.24, 2.45) is 0 Å². The first kappa shape index (κ1) is 15.4. The van der Waals surface area contributed by atoms with Gasteiger partial charge in [-0.1, -0.05) is 12.1 Å². The molecule has 7 heteroatoms. The Morgan fingerprint density at radius 2 is 2.14 bits per heavy atom. The van der Waals surface area contributed by atoms with Crippen LogP contribution in [-0.2, 0) is 4.79 Å². The predicted molar refractivity (Wildman–Crippen MR) is 74.7 cm³/mol. The average Bonchev–Trinajstić information content (AvgIpc) is 2.38. The number of anilines is 2. The Kier molecular flexibility index (Phi) is 4.52. The van der Waals surface area contributed by atoms with Gasteiger partial charge in [-0.2, -0.15) is 13.2 Å². The first-order chi connectivity index (χ1) is 9.84. The van der Waals surface area contributed by atoms with Gasteiger partial charge in [0.2, 0.25) is 5.91 Å². The molecule has 1 aromatic rings. The summed E-state index contributed by atoms with van der Waals surface area (Å²) < 4.78 is 37.4. The van der Waals surface area contributed by atoms with E-state index in [0.717, 1.165) is 6.08 Å². The molecule has 0 bridgehead atoms. The summed E-state index contributed by atoms with van der Waals surface area (Å²) in [5.74, 6) is -0.274. The molecule has 0 spiro atoms. The molecular weight excluding hydrogens is 283 g/mol. The van der Waals surface area contributed by atoms with Gasteiger partial charge in [-0.05, 0) is 24.6 Å². The van der Waals surface area contributed by atoms with Gasteiger partial charge in [0, 0.05) is 30.0 Å². The first-order valence-electron chi connectivity index (χ1n) is 6.48. The number of carbonyl (C=O) groups is 1. The van der Waals surface area contributed by atoms with E-state index in [4.69, 9.17) is 5.73 Å². The minimum atomic E-state index is -4.27. The zero-order chi connectivity index (χ0) is 15.5. The molecule has 114 valence electrons. The molecule has 1 aromatic carbocycles. The van der Waals surface area contributed by atoms with E-state index in [1.807, 2.05) is 0 Å². The Labute approximate surface area is 120 Å². The molecule has 0 fully saturated rings. The zero-order valence-electron chi connectivity index (χ0n) is 11.3. The van der Waals surface area contributed by atoms with E-state index in [1.165, 1.54) is 0 Å². The van der Waals surface area contributed by atoms with E-state index in [-0.39, 0.29) is 32.0 Å². The lowest BCUT2D eigenvalue weighted by molar-refractivity contribution is -0.117. The molecule has 3 N–H and O–H groups in total. The maximum absolute atomic E-state index is 12.5. The van der Waals surface area contributed by atoms with Gasteiger partial charge in [-0.15, -0.1) is 0 Å². The summed E-state index contributed by atoms with van der Waals surface area (Å²) in [5, 5.41) is 2.67. The average molecular weight is 299 g/mol. The second-order valence-electron chi connectivity index (χ2n) is 4.89. The Morgan fingerprint density at radius 3 is 2.71 bits per heavy atom. The molecule has 1 aliphatic heterocycles. The van der Waals surface area contributed by atoms with Crippen LogP contribution in [0.2, 0.25) is 0 Å². The van der Waals surface area contributed by atoms with Crippen LogP contribution in [-0.4, -0.2) is 36.6 Å². The normalized spacial score (nSPS) is 16.4. The van der Waals surface area contributed by atoms with Gasteiger partial charge < -0.3 is 11.1 Å². The van der Waals surface area contributed by atoms with Crippen molar-refractivity contribution >= 4 is 17.3 Å². The van der Waals surface area contributed by atoms with Crippen molar-refractivity contribution in [1.82, 2.24) is 4.90 Å². The number of halogens is 3. The molecule has 1 heterocycles. The number of nitrogens with zero attached hydrogens (tertiary/aromatic N) is 1. The van der Waals surface area contributed by atoms with Crippen LogP contribution in [0.15, 0.2) is 35.9 Å². The molecule has 2 rings (SSSR count). The molecule has 0 saturated carbocycles. The van der Waals surface area contributed by atoms with Gasteiger partial charge in [-0.3, -0.25) is 9.69 Å². The van der Waals surface area contributed by atoms with Gasteiger partial charge in [0.25, 0.3) is 0 Å². The Hall–Kier alpha value is -2.02. The van der Waals surface area contributed by atoms with E-state index in [1.54, 1.807) is 29.2 Å². The standard InChI is InChI=1S/C14H16F3N3O/c15-14(16,17)10-4-6-20(7-5-10)9-13(21)19-12-3-1-2-11(18)8-12/h1-4,8H,5-7,9,18H2,(H,19,21). The van der Waals surface area contributed by atoms with Gasteiger partial charge in [0.1, 0.15) is 0 Å². The highest BCUT2D eigenvalue weighted by atomic mass is 19.4. The topological polar surface area (TPSA) is 58.4 Å². The number of benzene rings is 1. The third kappa shape index (κ3) is 4.49. The van der Waals surface area contributed by atoms with E-state index in [0.29, 0.717) is 11.4 Å². The minimum Gasteiger partial charge on any atom is -0.399 e. The zero-order valence-corrected chi connectivity index (χ0v) is 11.3. The molecule has 1 aliphatic rings. The summed E-state index contributed by atoms with van der Waals surface area (Å²) in [5.41, 5.74) is 6.18. The molecule has 4 nitrogen and oxygen atoms in total. The summed E-state index contributed by atoms with van der Waals surface area (Å²) in [6.07, 6.45) is -3.22. The van der Waals surface area contributed by atoms with Crippen molar-refractivity contribution in [2.45, 2.75) is 12.6 Å². The highest BCUT2D eigenvalue weighted by molar-refractivity contribution is 5.92. The fraction of sp³-hybridized carbons (Fsp3) is 0.357. The third-order valence-corrected chi connectivity index (χ3v) is 3.19. The largest absolute Gasteiger partial charge is 0.412 e. The van der Waals surface area contributed by atoms with Crippen molar-refractivity contribution in [3.05, 3.63) is 35.9 Å². The number of amides is 1. The lowest BCUT2D eigenvalue weighted by atomic mass is 10.1. The molecule has 0 aromatic heterocycles. The summed E-state index contributed by atoms with van der Waals surface area (Å²) in [4.78, 5) is 13.5. The second-order valence-corrected chi connectivity index (χ2v) is 4.89. The highest BCUT2D eigenvalue weighted by Gasteiger charge is 2.34. The van der Waals surface area contributed by atoms with Crippen molar-refractivity contribution < 1.29 is 18.0 Å². The number of hydrogen-bond donors (Lipinski definition) is 2. The van der Waals surface area contributed by atoms with E-state index in [2.05, 4.69) is 5.32 Å². The number of carbonyl (C=O) groups excluding carboxylic acids is 1. The minimum absolute atomic E-state index is 0.0520. The van der Waals surface area contributed by atoms with Crippen LogP contribution < -0.4 is 11.1 Å². The van der Waals surface area contributed by atoms with Gasteiger partial charge in [-0.25, -0.2) is 0 Å². The van der Waals surface area contributed by atoms with Gasteiger partial charge in [0.05, 0.1) is 6.54 Å². The lowest BCUT2D eigenvalue weighted by Gasteiger charge is -2.26.